The van der Waals surface area contributed by atoms with E-state index >= 15 is 0 Å². The number of morpholine rings is 1. The van der Waals surface area contributed by atoms with Gasteiger partial charge in [0.05, 0.1) is 29.8 Å². The van der Waals surface area contributed by atoms with Gasteiger partial charge in [-0.3, -0.25) is 15.0 Å². The molecule has 1 aliphatic rings. The van der Waals surface area contributed by atoms with E-state index in [-0.39, 0.29) is 10.7 Å². The quantitative estimate of drug-likeness (QED) is 0.354. The van der Waals surface area contributed by atoms with E-state index in [0.717, 1.165) is 49.9 Å². The first-order valence-electron chi connectivity index (χ1n) is 9.21. The zero-order valence-electron chi connectivity index (χ0n) is 15.8. The Balaban J connectivity index is 1.72. The van der Waals surface area contributed by atoms with E-state index in [1.165, 1.54) is 18.0 Å². The molecule has 0 radical (unpaired) electrons. The molecule has 0 amide bonds. The predicted molar refractivity (Wildman–Crippen MR) is 113 cm³/mol. The molecule has 2 aromatic rings. The number of hydrogen-bond donors (Lipinski definition) is 0. The normalized spacial score (nSPS) is 14.7. The average molecular weight is 433 g/mol. The maximum Gasteiger partial charge on any atom is 0.289 e. The highest BCUT2D eigenvalue weighted by molar-refractivity contribution is 7.97. The van der Waals surface area contributed by atoms with Crippen molar-refractivity contribution in [1.82, 2.24) is 9.21 Å². The van der Waals surface area contributed by atoms with Gasteiger partial charge in [-0.15, -0.1) is 0 Å². The van der Waals surface area contributed by atoms with Gasteiger partial charge in [-0.2, -0.15) is 5.26 Å². The minimum atomic E-state index is -0.467. The number of hydrogen-bond acceptors (Lipinski definition) is 7. The Labute approximate surface area is 179 Å². The average Bonchev–Trinajstić information content (AvgIpc) is 2.74. The minimum Gasteiger partial charge on any atom is -0.379 e. The van der Waals surface area contributed by atoms with Crippen LogP contribution in [-0.2, 0) is 11.3 Å². The highest BCUT2D eigenvalue weighted by atomic mass is 35.5. The fourth-order valence-corrected chi connectivity index (χ4v) is 4.13. The molecule has 0 bridgehead atoms. The summed E-state index contributed by atoms with van der Waals surface area (Å²) in [6.07, 6.45) is 0. The van der Waals surface area contributed by atoms with Crippen molar-refractivity contribution in [2.24, 2.45) is 0 Å². The van der Waals surface area contributed by atoms with E-state index in [1.54, 1.807) is 24.3 Å². The fourth-order valence-electron chi connectivity index (χ4n) is 2.96. The van der Waals surface area contributed by atoms with Gasteiger partial charge in [-0.1, -0.05) is 23.7 Å². The second-order valence-electron chi connectivity index (χ2n) is 6.59. The molecule has 1 heterocycles. The first kappa shape index (κ1) is 21.6. The zero-order chi connectivity index (χ0) is 20.6. The molecule has 1 saturated heterocycles. The number of nitro groups is 1. The van der Waals surface area contributed by atoms with Crippen molar-refractivity contribution in [2.45, 2.75) is 11.4 Å². The summed E-state index contributed by atoms with van der Waals surface area (Å²) in [7, 11) is 0. The Bertz CT molecular complexity index is 882. The van der Waals surface area contributed by atoms with Crippen LogP contribution in [0.3, 0.4) is 0 Å². The van der Waals surface area contributed by atoms with Crippen LogP contribution in [0.15, 0.2) is 47.4 Å². The highest BCUT2D eigenvalue weighted by Crippen LogP contribution is 2.32. The van der Waals surface area contributed by atoms with E-state index in [1.807, 2.05) is 12.1 Å². The molecule has 1 aliphatic heterocycles. The van der Waals surface area contributed by atoms with Gasteiger partial charge in [-0.05, 0) is 41.8 Å². The van der Waals surface area contributed by atoms with Gasteiger partial charge in [0.2, 0.25) is 0 Å². The number of benzene rings is 2. The second kappa shape index (κ2) is 10.6. The molecule has 0 saturated carbocycles. The number of halogens is 1. The van der Waals surface area contributed by atoms with E-state index in [4.69, 9.17) is 21.6 Å². The molecule has 29 heavy (non-hydrogen) atoms. The van der Waals surface area contributed by atoms with Crippen LogP contribution in [0.4, 0.5) is 5.69 Å². The van der Waals surface area contributed by atoms with E-state index in [0.29, 0.717) is 12.1 Å². The third kappa shape index (κ3) is 6.42. The third-order valence-electron chi connectivity index (χ3n) is 4.56. The number of rotatable bonds is 8. The zero-order valence-corrected chi connectivity index (χ0v) is 17.4. The van der Waals surface area contributed by atoms with Crippen molar-refractivity contribution in [1.29, 1.82) is 5.26 Å². The number of nitrogens with zero attached hydrogens (tertiary/aromatic N) is 4. The van der Waals surface area contributed by atoms with Gasteiger partial charge in [0.25, 0.3) is 5.69 Å². The lowest BCUT2D eigenvalue weighted by Crippen LogP contribution is -2.40. The summed E-state index contributed by atoms with van der Waals surface area (Å²) in [5.41, 5.74) is 1.60. The van der Waals surface area contributed by atoms with Gasteiger partial charge in [0.15, 0.2) is 0 Å². The van der Waals surface area contributed by atoms with Crippen molar-refractivity contribution in [3.05, 3.63) is 68.7 Å². The smallest absolute Gasteiger partial charge is 0.289 e. The molecule has 0 aliphatic carbocycles. The van der Waals surface area contributed by atoms with Gasteiger partial charge >= 0.3 is 0 Å². The number of nitro benzene ring substituents is 1. The summed E-state index contributed by atoms with van der Waals surface area (Å²) in [6, 6.07) is 14.5. The Morgan fingerprint density at radius 3 is 2.62 bits per heavy atom. The minimum absolute atomic E-state index is 0.0943. The standard InChI is InChI=1S/C20H21ClN4O3S/c21-19-6-5-18(13-20(19)25(26)27)29-24(8-7-23-9-11-28-12-10-23)15-17-3-1-16(14-22)2-4-17/h1-6,13H,7-12,15H2. The van der Waals surface area contributed by atoms with E-state index in [2.05, 4.69) is 15.3 Å². The summed E-state index contributed by atoms with van der Waals surface area (Å²) in [5.74, 6) is 0. The Morgan fingerprint density at radius 1 is 1.24 bits per heavy atom. The molecule has 0 aromatic heterocycles. The maximum atomic E-state index is 11.2. The molecular formula is C20H21ClN4O3S. The van der Waals surface area contributed by atoms with Crippen molar-refractivity contribution in [3.63, 3.8) is 0 Å². The van der Waals surface area contributed by atoms with Crippen LogP contribution >= 0.6 is 23.5 Å². The SMILES string of the molecule is N#Cc1ccc(CN(CCN2CCOCC2)Sc2ccc(Cl)c([N+](=O)[O-])c2)cc1. The monoisotopic (exact) mass is 432 g/mol. The van der Waals surface area contributed by atoms with Gasteiger partial charge in [0, 0.05) is 43.7 Å². The number of nitriles is 1. The van der Waals surface area contributed by atoms with Crippen molar-refractivity contribution >= 4 is 29.2 Å². The molecule has 152 valence electrons. The summed E-state index contributed by atoms with van der Waals surface area (Å²) in [6.45, 7) is 5.60. The van der Waals surface area contributed by atoms with E-state index < -0.39 is 4.92 Å². The van der Waals surface area contributed by atoms with Crippen LogP contribution in [0.2, 0.25) is 5.02 Å². The topological polar surface area (TPSA) is 82.6 Å². The molecule has 7 nitrogen and oxygen atoms in total. The molecule has 2 aromatic carbocycles. The van der Waals surface area contributed by atoms with Gasteiger partial charge in [0.1, 0.15) is 5.02 Å². The summed E-state index contributed by atoms with van der Waals surface area (Å²) in [4.78, 5) is 13.8. The van der Waals surface area contributed by atoms with Crippen molar-refractivity contribution in [2.75, 3.05) is 39.4 Å². The van der Waals surface area contributed by atoms with Crippen LogP contribution in [0, 0.1) is 21.4 Å². The molecule has 0 unspecified atom stereocenters. The first-order valence-corrected chi connectivity index (χ1v) is 10.4. The highest BCUT2D eigenvalue weighted by Gasteiger charge is 2.17. The van der Waals surface area contributed by atoms with Gasteiger partial charge < -0.3 is 4.74 Å². The Hall–Kier alpha value is -2.15. The molecule has 0 spiro atoms. The molecule has 0 atom stereocenters. The predicted octanol–water partition coefficient (Wildman–Crippen LogP) is 3.96. The van der Waals surface area contributed by atoms with Crippen LogP contribution in [0.1, 0.15) is 11.1 Å². The second-order valence-corrected chi connectivity index (χ2v) is 8.17. The lowest BCUT2D eigenvalue weighted by Gasteiger charge is -2.29. The fraction of sp³-hybridized carbons (Fsp3) is 0.350. The molecule has 1 fully saturated rings. The van der Waals surface area contributed by atoms with Gasteiger partial charge in [-0.25, -0.2) is 4.31 Å². The first-order chi connectivity index (χ1) is 14.0. The Morgan fingerprint density at radius 2 is 1.97 bits per heavy atom. The third-order valence-corrected chi connectivity index (χ3v) is 5.91. The van der Waals surface area contributed by atoms with Crippen molar-refractivity contribution < 1.29 is 9.66 Å². The van der Waals surface area contributed by atoms with Crippen molar-refractivity contribution in [3.8, 4) is 6.07 Å². The largest absolute Gasteiger partial charge is 0.379 e. The van der Waals surface area contributed by atoms with Crippen LogP contribution in [0.25, 0.3) is 0 Å². The lowest BCUT2D eigenvalue weighted by atomic mass is 10.1. The lowest BCUT2D eigenvalue weighted by molar-refractivity contribution is -0.384. The van der Waals surface area contributed by atoms with Crippen LogP contribution in [0.5, 0.6) is 0 Å². The summed E-state index contributed by atoms with van der Waals surface area (Å²) < 4.78 is 7.57. The number of ether oxygens (including phenoxy) is 1. The van der Waals surface area contributed by atoms with E-state index in [9.17, 15) is 10.1 Å². The summed E-state index contributed by atoms with van der Waals surface area (Å²) >= 11 is 7.41. The Kier molecular flexibility index (Phi) is 7.86. The van der Waals surface area contributed by atoms with Crippen LogP contribution in [-0.4, -0.2) is 53.5 Å². The summed E-state index contributed by atoms with van der Waals surface area (Å²) in [5, 5.41) is 20.3. The molecule has 9 heteroatoms. The molecule has 3 rings (SSSR count). The maximum absolute atomic E-state index is 11.2. The van der Waals surface area contributed by atoms with Crippen LogP contribution < -0.4 is 0 Å². The molecule has 0 N–H and O–H groups in total. The molecular weight excluding hydrogens is 412 g/mol.